The standard InChI is InChI=1S/C20H19BrN4OS2/c21-15-4-6-16(7-5-15)28-18-17(3-1-8-22-18)19(26)24-10-2-11-25(13-12-24)20-23-9-14-27-20/h1,3-9,14H,2,10-13H2. The molecule has 1 aliphatic rings. The fourth-order valence-corrected chi connectivity index (χ4v) is 4.94. The van der Waals surface area contributed by atoms with E-state index >= 15 is 0 Å². The molecule has 0 saturated carbocycles. The van der Waals surface area contributed by atoms with Crippen LogP contribution in [0.1, 0.15) is 16.8 Å². The molecule has 3 heterocycles. The van der Waals surface area contributed by atoms with Crippen LogP contribution >= 0.6 is 39.0 Å². The second-order valence-electron chi connectivity index (χ2n) is 6.36. The molecular formula is C20H19BrN4OS2. The Hall–Kier alpha value is -1.90. The molecule has 3 aromatic rings. The van der Waals surface area contributed by atoms with Crippen LogP contribution in [0.3, 0.4) is 0 Å². The van der Waals surface area contributed by atoms with Gasteiger partial charge in [0.05, 0.1) is 5.56 Å². The van der Waals surface area contributed by atoms with Crippen molar-refractivity contribution in [3.05, 3.63) is 64.2 Å². The Balaban J connectivity index is 1.49. The minimum absolute atomic E-state index is 0.0497. The number of hydrogen-bond acceptors (Lipinski definition) is 6. The summed E-state index contributed by atoms with van der Waals surface area (Å²) in [5.41, 5.74) is 0.665. The second-order valence-corrected chi connectivity index (χ2v) is 9.21. The topological polar surface area (TPSA) is 49.3 Å². The van der Waals surface area contributed by atoms with Crippen LogP contribution in [0.5, 0.6) is 0 Å². The number of carbonyl (C=O) groups excluding carboxylic acids is 1. The van der Waals surface area contributed by atoms with Gasteiger partial charge in [-0.15, -0.1) is 11.3 Å². The zero-order valence-electron chi connectivity index (χ0n) is 15.1. The molecule has 28 heavy (non-hydrogen) atoms. The molecule has 4 rings (SSSR count). The Bertz CT molecular complexity index is 934. The largest absolute Gasteiger partial charge is 0.346 e. The molecule has 144 valence electrons. The van der Waals surface area contributed by atoms with Crippen LogP contribution < -0.4 is 4.90 Å². The van der Waals surface area contributed by atoms with Gasteiger partial charge in [0.15, 0.2) is 5.13 Å². The van der Waals surface area contributed by atoms with E-state index in [1.54, 1.807) is 17.5 Å². The zero-order chi connectivity index (χ0) is 19.3. The number of hydrogen-bond donors (Lipinski definition) is 0. The van der Waals surface area contributed by atoms with Crippen LogP contribution in [0.2, 0.25) is 0 Å². The van der Waals surface area contributed by atoms with Gasteiger partial charge in [0, 0.05) is 53.3 Å². The number of carbonyl (C=O) groups is 1. The van der Waals surface area contributed by atoms with Crippen molar-refractivity contribution in [2.75, 3.05) is 31.1 Å². The highest BCUT2D eigenvalue weighted by molar-refractivity contribution is 9.10. The summed E-state index contributed by atoms with van der Waals surface area (Å²) < 4.78 is 1.03. The summed E-state index contributed by atoms with van der Waals surface area (Å²) in [5.74, 6) is 0.0497. The van der Waals surface area contributed by atoms with E-state index in [1.165, 1.54) is 11.8 Å². The average Bonchev–Trinajstić information content (AvgIpc) is 3.14. The Kier molecular flexibility index (Phi) is 6.29. The lowest BCUT2D eigenvalue weighted by Crippen LogP contribution is -2.35. The minimum atomic E-state index is 0.0497. The van der Waals surface area contributed by atoms with Crippen LogP contribution in [0, 0.1) is 0 Å². The van der Waals surface area contributed by atoms with Gasteiger partial charge in [0.1, 0.15) is 5.03 Å². The van der Waals surface area contributed by atoms with Gasteiger partial charge in [-0.25, -0.2) is 9.97 Å². The summed E-state index contributed by atoms with van der Waals surface area (Å²) >= 11 is 6.62. The van der Waals surface area contributed by atoms with E-state index in [9.17, 15) is 4.79 Å². The van der Waals surface area contributed by atoms with Gasteiger partial charge >= 0.3 is 0 Å². The van der Waals surface area contributed by atoms with Crippen molar-refractivity contribution in [3.8, 4) is 0 Å². The van der Waals surface area contributed by atoms with Gasteiger partial charge in [-0.2, -0.15) is 0 Å². The van der Waals surface area contributed by atoms with Gasteiger partial charge in [-0.1, -0.05) is 27.7 Å². The third-order valence-electron chi connectivity index (χ3n) is 4.50. The number of thiazole rings is 1. The lowest BCUT2D eigenvalue weighted by atomic mass is 10.2. The smallest absolute Gasteiger partial charge is 0.256 e. The average molecular weight is 475 g/mol. The first kappa shape index (κ1) is 19.4. The van der Waals surface area contributed by atoms with Crippen molar-refractivity contribution in [1.82, 2.24) is 14.9 Å². The maximum Gasteiger partial charge on any atom is 0.256 e. The Morgan fingerprint density at radius 3 is 2.68 bits per heavy atom. The lowest BCUT2D eigenvalue weighted by Gasteiger charge is -2.22. The highest BCUT2D eigenvalue weighted by atomic mass is 79.9. The van der Waals surface area contributed by atoms with Gasteiger partial charge in [0.25, 0.3) is 5.91 Å². The van der Waals surface area contributed by atoms with Crippen molar-refractivity contribution in [2.45, 2.75) is 16.3 Å². The van der Waals surface area contributed by atoms with Crippen LogP contribution in [-0.2, 0) is 0 Å². The number of amides is 1. The van der Waals surface area contributed by atoms with E-state index in [0.717, 1.165) is 45.6 Å². The van der Waals surface area contributed by atoms with Crippen LogP contribution in [0.25, 0.3) is 0 Å². The molecule has 1 saturated heterocycles. The minimum Gasteiger partial charge on any atom is -0.346 e. The summed E-state index contributed by atoms with van der Waals surface area (Å²) in [6, 6.07) is 11.7. The summed E-state index contributed by atoms with van der Waals surface area (Å²) in [6.07, 6.45) is 4.50. The van der Waals surface area contributed by atoms with Crippen molar-refractivity contribution < 1.29 is 4.79 Å². The quantitative estimate of drug-likeness (QED) is 0.543. The highest BCUT2D eigenvalue weighted by Gasteiger charge is 2.23. The van der Waals surface area contributed by atoms with E-state index in [0.29, 0.717) is 12.1 Å². The number of rotatable bonds is 4. The first-order valence-corrected chi connectivity index (χ1v) is 11.5. The molecule has 0 aliphatic carbocycles. The molecule has 0 N–H and O–H groups in total. The predicted molar refractivity (Wildman–Crippen MR) is 117 cm³/mol. The SMILES string of the molecule is O=C(c1cccnc1Sc1ccc(Br)cc1)N1CCCN(c2nccs2)CC1. The molecule has 0 radical (unpaired) electrons. The van der Waals surface area contributed by atoms with E-state index in [1.807, 2.05) is 52.9 Å². The second kappa shape index (κ2) is 9.07. The zero-order valence-corrected chi connectivity index (χ0v) is 18.3. The third-order valence-corrected chi connectivity index (χ3v) is 6.89. The molecule has 1 aromatic carbocycles. The monoisotopic (exact) mass is 474 g/mol. The van der Waals surface area contributed by atoms with Gasteiger partial charge in [0.2, 0.25) is 0 Å². The van der Waals surface area contributed by atoms with Crippen molar-refractivity contribution in [2.24, 2.45) is 0 Å². The maximum absolute atomic E-state index is 13.2. The Labute approximate surface area is 180 Å². The molecule has 0 atom stereocenters. The first-order valence-electron chi connectivity index (χ1n) is 9.03. The molecule has 8 heteroatoms. The van der Waals surface area contributed by atoms with Crippen molar-refractivity contribution in [1.29, 1.82) is 0 Å². The third kappa shape index (κ3) is 4.56. The fraction of sp³-hybridized carbons (Fsp3) is 0.250. The lowest BCUT2D eigenvalue weighted by molar-refractivity contribution is 0.0762. The van der Waals surface area contributed by atoms with Crippen molar-refractivity contribution in [3.63, 3.8) is 0 Å². The van der Waals surface area contributed by atoms with Crippen LogP contribution in [-0.4, -0.2) is 47.0 Å². The molecule has 0 bridgehead atoms. The molecule has 5 nitrogen and oxygen atoms in total. The fourth-order valence-electron chi connectivity index (χ4n) is 3.10. The van der Waals surface area contributed by atoms with Crippen LogP contribution in [0.4, 0.5) is 5.13 Å². The maximum atomic E-state index is 13.2. The Morgan fingerprint density at radius 1 is 1.04 bits per heavy atom. The predicted octanol–water partition coefficient (Wildman–Crippen LogP) is 4.80. The van der Waals surface area contributed by atoms with Gasteiger partial charge < -0.3 is 9.80 Å². The molecule has 2 aromatic heterocycles. The normalized spacial score (nSPS) is 14.8. The van der Waals surface area contributed by atoms with Gasteiger partial charge in [-0.3, -0.25) is 4.79 Å². The number of aromatic nitrogens is 2. The number of halogens is 1. The Morgan fingerprint density at radius 2 is 1.89 bits per heavy atom. The van der Waals surface area contributed by atoms with Crippen molar-refractivity contribution >= 4 is 50.1 Å². The first-order chi connectivity index (χ1) is 13.7. The summed E-state index contributed by atoms with van der Waals surface area (Å²) in [4.78, 5) is 27.4. The number of anilines is 1. The van der Waals surface area contributed by atoms with E-state index in [-0.39, 0.29) is 5.91 Å². The molecule has 1 amide bonds. The number of nitrogens with zero attached hydrogens (tertiary/aromatic N) is 4. The molecule has 0 unspecified atom stereocenters. The van der Waals surface area contributed by atoms with Crippen LogP contribution in [0.15, 0.2) is 68.6 Å². The number of benzene rings is 1. The molecule has 1 aliphatic heterocycles. The molecule has 1 fully saturated rings. The van der Waals surface area contributed by atoms with E-state index in [4.69, 9.17) is 0 Å². The summed E-state index contributed by atoms with van der Waals surface area (Å²) in [7, 11) is 0. The molecule has 0 spiro atoms. The van der Waals surface area contributed by atoms with Gasteiger partial charge in [-0.05, 0) is 42.8 Å². The molecular weight excluding hydrogens is 456 g/mol. The van der Waals surface area contributed by atoms with E-state index < -0.39 is 0 Å². The summed E-state index contributed by atoms with van der Waals surface area (Å²) in [5, 5.41) is 3.77. The number of pyridine rings is 1. The van der Waals surface area contributed by atoms with E-state index in [2.05, 4.69) is 30.8 Å². The highest BCUT2D eigenvalue weighted by Crippen LogP contribution is 2.30. The summed E-state index contributed by atoms with van der Waals surface area (Å²) in [6.45, 7) is 3.16.